The second-order valence-electron chi connectivity index (χ2n) is 4.79. The van der Waals surface area contributed by atoms with E-state index in [-0.39, 0.29) is 5.91 Å². The van der Waals surface area contributed by atoms with Gasteiger partial charge in [-0.25, -0.2) is 4.98 Å². The number of amides is 1. The predicted octanol–water partition coefficient (Wildman–Crippen LogP) is 2.40. The molecular weight excluding hydrogens is 254 g/mol. The molecule has 1 rings (SSSR count). The van der Waals surface area contributed by atoms with Crippen LogP contribution in [0.15, 0.2) is 18.3 Å². The van der Waals surface area contributed by atoms with Crippen molar-refractivity contribution >= 4 is 11.7 Å². The van der Waals surface area contributed by atoms with E-state index in [0.717, 1.165) is 44.8 Å². The summed E-state index contributed by atoms with van der Waals surface area (Å²) in [5, 5.41) is 3.19. The van der Waals surface area contributed by atoms with Gasteiger partial charge in [-0.2, -0.15) is 0 Å². The van der Waals surface area contributed by atoms with Crippen LogP contribution in [0, 0.1) is 0 Å². The molecule has 0 aliphatic carbocycles. The van der Waals surface area contributed by atoms with E-state index in [1.54, 1.807) is 18.2 Å². The van der Waals surface area contributed by atoms with Crippen molar-refractivity contribution < 1.29 is 9.53 Å². The predicted molar refractivity (Wildman–Crippen MR) is 81.1 cm³/mol. The maximum Gasteiger partial charge on any atom is 0.255 e. The highest BCUT2D eigenvalue weighted by atomic mass is 16.5. The average molecular weight is 279 g/mol. The largest absolute Gasteiger partial charge is 0.385 e. The number of ether oxygens (including phenoxy) is 1. The van der Waals surface area contributed by atoms with Crippen LogP contribution in [0.2, 0.25) is 0 Å². The van der Waals surface area contributed by atoms with E-state index in [1.165, 1.54) is 0 Å². The van der Waals surface area contributed by atoms with Crippen LogP contribution in [0.4, 0.5) is 5.82 Å². The molecule has 0 saturated heterocycles. The fourth-order valence-electron chi connectivity index (χ4n) is 1.78. The highest BCUT2D eigenvalue weighted by Gasteiger charge is 2.11. The van der Waals surface area contributed by atoms with Crippen LogP contribution in [0.3, 0.4) is 0 Å². The Balaban J connectivity index is 2.46. The third-order valence-corrected chi connectivity index (χ3v) is 3.04. The number of nitrogens with zero attached hydrogens (tertiary/aromatic N) is 2. The van der Waals surface area contributed by atoms with Crippen molar-refractivity contribution in [1.29, 1.82) is 0 Å². The zero-order valence-electron chi connectivity index (χ0n) is 12.7. The molecular formula is C15H25N3O2. The molecule has 0 spiro atoms. The number of aromatic nitrogens is 1. The lowest BCUT2D eigenvalue weighted by atomic mass is 10.2. The van der Waals surface area contributed by atoms with E-state index < -0.39 is 0 Å². The maximum atomic E-state index is 12.1. The zero-order valence-corrected chi connectivity index (χ0v) is 12.7. The molecule has 20 heavy (non-hydrogen) atoms. The molecule has 1 aromatic heterocycles. The second kappa shape index (κ2) is 9.31. The minimum atomic E-state index is 0.0249. The molecule has 0 bridgehead atoms. The smallest absolute Gasteiger partial charge is 0.255 e. The molecule has 1 aromatic rings. The number of carbonyl (C=O) groups is 1. The fraction of sp³-hybridized carbons (Fsp3) is 0.600. The van der Waals surface area contributed by atoms with Crippen molar-refractivity contribution in [3.8, 4) is 0 Å². The summed E-state index contributed by atoms with van der Waals surface area (Å²) in [6.07, 6.45) is 4.66. The number of unbranched alkanes of at least 4 members (excludes halogenated alkanes) is 1. The summed E-state index contributed by atoms with van der Waals surface area (Å²) >= 11 is 0. The molecule has 0 aliphatic heterocycles. The van der Waals surface area contributed by atoms with Crippen molar-refractivity contribution in [2.45, 2.75) is 26.2 Å². The Morgan fingerprint density at radius 1 is 1.40 bits per heavy atom. The number of pyridine rings is 1. The first kappa shape index (κ1) is 16.4. The van der Waals surface area contributed by atoms with Gasteiger partial charge in [0, 0.05) is 40.1 Å². The maximum absolute atomic E-state index is 12.1. The zero-order chi connectivity index (χ0) is 14.8. The molecule has 0 unspecified atom stereocenters. The Morgan fingerprint density at radius 3 is 2.80 bits per heavy atom. The molecule has 112 valence electrons. The van der Waals surface area contributed by atoms with E-state index in [4.69, 9.17) is 4.74 Å². The van der Waals surface area contributed by atoms with Gasteiger partial charge in [0.2, 0.25) is 0 Å². The summed E-state index contributed by atoms with van der Waals surface area (Å²) in [5.41, 5.74) is 0.631. The summed E-state index contributed by atoms with van der Waals surface area (Å²) < 4.78 is 4.98. The van der Waals surface area contributed by atoms with Gasteiger partial charge in [0.1, 0.15) is 5.82 Å². The van der Waals surface area contributed by atoms with E-state index >= 15 is 0 Å². The van der Waals surface area contributed by atoms with Crippen LogP contribution < -0.4 is 5.32 Å². The van der Waals surface area contributed by atoms with Crippen LogP contribution in [0.5, 0.6) is 0 Å². The van der Waals surface area contributed by atoms with Gasteiger partial charge in [0.25, 0.3) is 5.91 Å². The molecule has 0 atom stereocenters. The number of rotatable bonds is 9. The van der Waals surface area contributed by atoms with Crippen molar-refractivity contribution in [2.75, 3.05) is 39.2 Å². The van der Waals surface area contributed by atoms with Gasteiger partial charge < -0.3 is 15.0 Å². The van der Waals surface area contributed by atoms with Gasteiger partial charge in [0.15, 0.2) is 0 Å². The molecule has 1 amide bonds. The Morgan fingerprint density at radius 2 is 2.20 bits per heavy atom. The summed E-state index contributed by atoms with van der Waals surface area (Å²) in [6.45, 7) is 4.44. The lowest BCUT2D eigenvalue weighted by molar-refractivity contribution is 0.0793. The molecule has 5 nitrogen and oxygen atoms in total. The normalized spacial score (nSPS) is 10.3. The molecule has 0 radical (unpaired) electrons. The molecule has 0 aromatic carbocycles. The van der Waals surface area contributed by atoms with Gasteiger partial charge in [-0.3, -0.25) is 4.79 Å². The van der Waals surface area contributed by atoms with Crippen LogP contribution in [-0.4, -0.2) is 49.6 Å². The average Bonchev–Trinajstić information content (AvgIpc) is 2.49. The van der Waals surface area contributed by atoms with Crippen molar-refractivity contribution in [3.63, 3.8) is 0 Å². The number of anilines is 1. The van der Waals surface area contributed by atoms with Crippen molar-refractivity contribution in [1.82, 2.24) is 9.88 Å². The van der Waals surface area contributed by atoms with Gasteiger partial charge in [-0.1, -0.05) is 13.3 Å². The number of hydrogen-bond donors (Lipinski definition) is 1. The van der Waals surface area contributed by atoms with Crippen LogP contribution in [0.25, 0.3) is 0 Å². The quantitative estimate of drug-likeness (QED) is 0.705. The minimum Gasteiger partial charge on any atom is -0.385 e. The van der Waals surface area contributed by atoms with Gasteiger partial charge >= 0.3 is 0 Å². The fourth-order valence-corrected chi connectivity index (χ4v) is 1.78. The molecule has 1 heterocycles. The lowest BCUT2D eigenvalue weighted by Crippen LogP contribution is -2.27. The standard InChI is InChI=1S/C15H25N3O2/c1-4-5-10-18(2)15(19)13-7-8-14(17-12-13)16-9-6-11-20-3/h7-8,12H,4-6,9-11H2,1-3H3,(H,16,17). The Bertz CT molecular complexity index is 393. The number of nitrogens with one attached hydrogen (secondary N) is 1. The minimum absolute atomic E-state index is 0.0249. The Kier molecular flexibility index (Phi) is 7.65. The van der Waals surface area contributed by atoms with E-state index in [1.807, 2.05) is 19.2 Å². The molecule has 0 saturated carbocycles. The summed E-state index contributed by atoms with van der Waals surface area (Å²) in [6, 6.07) is 3.66. The molecule has 5 heteroatoms. The number of carbonyl (C=O) groups excluding carboxylic acids is 1. The van der Waals surface area contributed by atoms with Crippen LogP contribution in [-0.2, 0) is 4.74 Å². The third kappa shape index (κ3) is 5.57. The van der Waals surface area contributed by atoms with E-state index in [9.17, 15) is 4.79 Å². The summed E-state index contributed by atoms with van der Waals surface area (Å²) in [5.74, 6) is 0.811. The SMILES string of the molecule is CCCCN(C)C(=O)c1ccc(NCCCOC)nc1. The monoisotopic (exact) mass is 279 g/mol. The summed E-state index contributed by atoms with van der Waals surface area (Å²) in [4.78, 5) is 18.1. The first-order valence-electron chi connectivity index (χ1n) is 7.13. The number of hydrogen-bond acceptors (Lipinski definition) is 4. The molecule has 0 aliphatic rings. The number of methoxy groups -OCH3 is 1. The highest BCUT2D eigenvalue weighted by Crippen LogP contribution is 2.08. The second-order valence-corrected chi connectivity index (χ2v) is 4.79. The van der Waals surface area contributed by atoms with Gasteiger partial charge in [-0.15, -0.1) is 0 Å². The molecule has 1 N–H and O–H groups in total. The third-order valence-electron chi connectivity index (χ3n) is 3.04. The van der Waals surface area contributed by atoms with E-state index in [2.05, 4.69) is 17.2 Å². The Hall–Kier alpha value is -1.62. The van der Waals surface area contributed by atoms with Crippen LogP contribution in [0.1, 0.15) is 36.5 Å². The molecule has 0 fully saturated rings. The summed E-state index contributed by atoms with van der Waals surface area (Å²) in [7, 11) is 3.52. The van der Waals surface area contributed by atoms with Gasteiger partial charge in [-0.05, 0) is 25.0 Å². The first-order chi connectivity index (χ1) is 9.69. The van der Waals surface area contributed by atoms with Crippen molar-refractivity contribution in [2.24, 2.45) is 0 Å². The van der Waals surface area contributed by atoms with E-state index in [0.29, 0.717) is 5.56 Å². The Labute approximate surface area is 121 Å². The highest BCUT2D eigenvalue weighted by molar-refractivity contribution is 5.93. The lowest BCUT2D eigenvalue weighted by Gasteiger charge is -2.16. The first-order valence-corrected chi connectivity index (χ1v) is 7.13. The topological polar surface area (TPSA) is 54.5 Å². The van der Waals surface area contributed by atoms with Crippen LogP contribution >= 0.6 is 0 Å². The van der Waals surface area contributed by atoms with Gasteiger partial charge in [0.05, 0.1) is 5.56 Å². The van der Waals surface area contributed by atoms with Crippen molar-refractivity contribution in [3.05, 3.63) is 23.9 Å².